The summed E-state index contributed by atoms with van der Waals surface area (Å²) < 4.78 is 12.6. The number of amides is 1. The molecule has 0 unspecified atom stereocenters. The Hall–Kier alpha value is -3.51. The molecular weight excluding hydrogens is 464 g/mol. The summed E-state index contributed by atoms with van der Waals surface area (Å²) in [5.74, 6) is 0.650. The molecule has 1 aromatic carbocycles. The third kappa shape index (κ3) is 5.43. The lowest BCUT2D eigenvalue weighted by molar-refractivity contribution is -0.119. The van der Waals surface area contributed by atoms with Gasteiger partial charge in [-0.05, 0) is 51.3 Å². The summed E-state index contributed by atoms with van der Waals surface area (Å²) in [7, 11) is 0. The number of aromatic nitrogens is 2. The topological polar surface area (TPSA) is 110 Å². The highest BCUT2D eigenvalue weighted by atomic mass is 32.2. The zero-order valence-corrected chi connectivity index (χ0v) is 20.9. The van der Waals surface area contributed by atoms with Crippen LogP contribution < -0.4 is 5.32 Å². The fourth-order valence-electron chi connectivity index (χ4n) is 4.48. The first-order valence-corrected chi connectivity index (χ1v) is 12.6. The number of nitrogens with zero attached hydrogens (tertiary/aromatic N) is 3. The first-order valence-electron chi connectivity index (χ1n) is 11.6. The van der Waals surface area contributed by atoms with Crippen molar-refractivity contribution in [2.45, 2.75) is 63.1 Å². The second kappa shape index (κ2) is 10.8. The van der Waals surface area contributed by atoms with Gasteiger partial charge >= 0.3 is 5.97 Å². The largest absolute Gasteiger partial charge is 0.452 e. The third-order valence-electron chi connectivity index (χ3n) is 6.30. The Balaban J connectivity index is 1.42. The Morgan fingerprint density at radius 3 is 2.69 bits per heavy atom. The Morgan fingerprint density at radius 2 is 2.00 bits per heavy atom. The summed E-state index contributed by atoms with van der Waals surface area (Å²) in [5, 5.41) is 16.4. The van der Waals surface area contributed by atoms with Crippen molar-refractivity contribution in [2.75, 3.05) is 11.9 Å². The van der Waals surface area contributed by atoms with Gasteiger partial charge in [-0.1, -0.05) is 30.1 Å². The highest BCUT2D eigenvalue weighted by Crippen LogP contribution is 2.37. The van der Waals surface area contributed by atoms with Crippen LogP contribution in [0.1, 0.15) is 70.4 Å². The molecule has 35 heavy (non-hydrogen) atoms. The van der Waals surface area contributed by atoms with Gasteiger partial charge in [0.15, 0.2) is 6.61 Å². The third-order valence-corrected chi connectivity index (χ3v) is 7.40. The van der Waals surface area contributed by atoms with Crippen molar-refractivity contribution in [1.29, 1.82) is 5.26 Å². The highest BCUT2D eigenvalue weighted by molar-refractivity contribution is 7.98. The molecule has 1 aliphatic carbocycles. The lowest BCUT2D eigenvalue weighted by atomic mass is 10.2. The van der Waals surface area contributed by atoms with Crippen LogP contribution in [-0.4, -0.2) is 28.2 Å². The summed E-state index contributed by atoms with van der Waals surface area (Å²) in [5.41, 5.74) is 3.47. The van der Waals surface area contributed by atoms with E-state index in [1.165, 1.54) is 11.8 Å². The van der Waals surface area contributed by atoms with Crippen molar-refractivity contribution < 1.29 is 18.8 Å². The van der Waals surface area contributed by atoms with Crippen LogP contribution in [0.4, 0.5) is 5.82 Å². The number of benzene rings is 1. The summed E-state index contributed by atoms with van der Waals surface area (Å²) in [6.45, 7) is 5.27. The Labute approximate surface area is 208 Å². The first kappa shape index (κ1) is 24.6. The number of aryl methyl sites for hydroxylation is 1. The van der Waals surface area contributed by atoms with Crippen LogP contribution in [0.2, 0.25) is 0 Å². The van der Waals surface area contributed by atoms with E-state index in [0.717, 1.165) is 47.5 Å². The quantitative estimate of drug-likeness (QED) is 0.328. The summed E-state index contributed by atoms with van der Waals surface area (Å²) in [6.07, 6.45) is 4.28. The van der Waals surface area contributed by atoms with Gasteiger partial charge < -0.3 is 19.1 Å². The highest BCUT2D eigenvalue weighted by Gasteiger charge is 2.27. The second-order valence-electron chi connectivity index (χ2n) is 8.70. The number of carbonyl (C=O) groups excluding carboxylic acids is 2. The van der Waals surface area contributed by atoms with Crippen molar-refractivity contribution >= 4 is 29.5 Å². The van der Waals surface area contributed by atoms with Crippen molar-refractivity contribution in [3.05, 3.63) is 64.2 Å². The molecule has 9 heteroatoms. The van der Waals surface area contributed by atoms with E-state index in [1.807, 2.05) is 39.0 Å². The number of nitrogens with one attached hydrogen (secondary N) is 1. The van der Waals surface area contributed by atoms with Crippen molar-refractivity contribution in [3.8, 4) is 6.07 Å². The Bertz CT molecular complexity index is 1280. The molecule has 1 amide bonds. The molecule has 0 bridgehead atoms. The van der Waals surface area contributed by atoms with E-state index in [4.69, 9.17) is 9.26 Å². The molecule has 0 saturated heterocycles. The zero-order chi connectivity index (χ0) is 24.9. The molecule has 8 nitrogen and oxygen atoms in total. The molecule has 3 aromatic rings. The smallest absolute Gasteiger partial charge is 0.339 e. The fourth-order valence-corrected chi connectivity index (χ4v) is 5.39. The van der Waals surface area contributed by atoms with Gasteiger partial charge in [-0.2, -0.15) is 5.26 Å². The SMILES string of the molecule is Cc1cc(CSc2ccccc2C(=O)OCC(=O)Nc2c(C#N)c(C)c(C)n2C2CCCC2)on1. The molecule has 0 radical (unpaired) electrons. The van der Waals surface area contributed by atoms with E-state index in [9.17, 15) is 14.9 Å². The van der Waals surface area contributed by atoms with Gasteiger partial charge in [-0.15, -0.1) is 11.8 Å². The maximum Gasteiger partial charge on any atom is 0.339 e. The molecule has 1 aliphatic rings. The molecule has 1 saturated carbocycles. The summed E-state index contributed by atoms with van der Waals surface area (Å²) in [4.78, 5) is 26.3. The predicted octanol–water partition coefficient (Wildman–Crippen LogP) is 5.48. The fraction of sp³-hybridized carbons (Fsp3) is 0.385. The van der Waals surface area contributed by atoms with Gasteiger partial charge in [-0.3, -0.25) is 4.79 Å². The van der Waals surface area contributed by atoms with Crippen molar-refractivity contribution in [3.63, 3.8) is 0 Å². The van der Waals surface area contributed by atoms with E-state index in [-0.39, 0.29) is 6.04 Å². The summed E-state index contributed by atoms with van der Waals surface area (Å²) in [6, 6.07) is 11.4. The number of rotatable bonds is 8. The number of ether oxygens (including phenoxy) is 1. The van der Waals surface area contributed by atoms with Crippen LogP contribution in [0.25, 0.3) is 0 Å². The monoisotopic (exact) mass is 492 g/mol. The molecule has 2 heterocycles. The number of hydrogen-bond acceptors (Lipinski definition) is 7. The number of nitriles is 1. The molecule has 4 rings (SSSR count). The summed E-state index contributed by atoms with van der Waals surface area (Å²) >= 11 is 1.43. The minimum Gasteiger partial charge on any atom is -0.452 e. The molecular formula is C26H28N4O4S. The predicted molar refractivity (Wildman–Crippen MR) is 132 cm³/mol. The van der Waals surface area contributed by atoms with Gasteiger partial charge in [0.25, 0.3) is 5.91 Å². The number of hydrogen-bond donors (Lipinski definition) is 1. The molecule has 2 aromatic heterocycles. The number of thioether (sulfide) groups is 1. The number of carbonyl (C=O) groups is 2. The van der Waals surface area contributed by atoms with Gasteiger partial charge in [0.2, 0.25) is 0 Å². The zero-order valence-electron chi connectivity index (χ0n) is 20.1. The lowest BCUT2D eigenvalue weighted by Crippen LogP contribution is -2.24. The Morgan fingerprint density at radius 1 is 1.26 bits per heavy atom. The second-order valence-corrected chi connectivity index (χ2v) is 9.72. The minimum absolute atomic E-state index is 0.255. The van der Waals surface area contributed by atoms with Crippen LogP contribution in [-0.2, 0) is 15.3 Å². The van der Waals surface area contributed by atoms with E-state index in [2.05, 4.69) is 21.1 Å². The molecule has 182 valence electrons. The maximum absolute atomic E-state index is 12.8. The molecule has 1 N–H and O–H groups in total. The van der Waals surface area contributed by atoms with Crippen LogP contribution in [0, 0.1) is 32.1 Å². The van der Waals surface area contributed by atoms with Gasteiger partial charge in [0, 0.05) is 22.7 Å². The van der Waals surface area contributed by atoms with Gasteiger partial charge in [0.05, 0.1) is 22.6 Å². The molecule has 0 atom stereocenters. The van der Waals surface area contributed by atoms with Crippen molar-refractivity contribution in [1.82, 2.24) is 9.72 Å². The van der Waals surface area contributed by atoms with Crippen LogP contribution in [0.15, 0.2) is 39.8 Å². The lowest BCUT2D eigenvalue weighted by Gasteiger charge is -2.19. The Kier molecular flexibility index (Phi) is 7.61. The minimum atomic E-state index is -0.587. The van der Waals surface area contributed by atoms with Crippen LogP contribution in [0.5, 0.6) is 0 Å². The van der Waals surface area contributed by atoms with Crippen LogP contribution >= 0.6 is 11.8 Å². The molecule has 0 aliphatic heterocycles. The van der Waals surface area contributed by atoms with E-state index in [1.54, 1.807) is 12.1 Å². The number of anilines is 1. The normalized spacial score (nSPS) is 13.5. The molecule has 1 fully saturated rings. The standard InChI is InChI=1S/C26H28N4O4S/c1-16-12-20(34-29-16)15-35-23-11-7-6-10-21(23)26(32)33-14-24(31)28-25-22(13-27)17(2)18(3)30(25)19-8-4-5-9-19/h6-7,10-12,19H,4-5,8-9,14-15H2,1-3H3,(H,28,31). The first-order chi connectivity index (χ1) is 16.9. The number of esters is 1. The van der Waals surface area contributed by atoms with Crippen molar-refractivity contribution in [2.24, 2.45) is 0 Å². The van der Waals surface area contributed by atoms with E-state index < -0.39 is 18.5 Å². The average molecular weight is 493 g/mol. The average Bonchev–Trinajstić information content (AvgIpc) is 3.57. The van der Waals surface area contributed by atoms with Crippen LogP contribution in [0.3, 0.4) is 0 Å². The van der Waals surface area contributed by atoms with Gasteiger partial charge in [-0.25, -0.2) is 4.79 Å². The van der Waals surface area contributed by atoms with E-state index in [0.29, 0.717) is 28.5 Å². The maximum atomic E-state index is 12.8. The molecule has 0 spiro atoms. The van der Waals surface area contributed by atoms with Gasteiger partial charge in [0.1, 0.15) is 17.6 Å². The van der Waals surface area contributed by atoms with E-state index >= 15 is 0 Å².